The monoisotopic (exact) mass is 284 g/mol. The van der Waals surface area contributed by atoms with Gasteiger partial charge in [0.2, 0.25) is 0 Å². The van der Waals surface area contributed by atoms with Crippen molar-refractivity contribution in [3.8, 4) is 11.5 Å². The molecule has 0 saturated heterocycles. The van der Waals surface area contributed by atoms with Gasteiger partial charge in [-0.15, -0.1) is 0 Å². The largest absolute Gasteiger partial charge is 0.508 e. The van der Waals surface area contributed by atoms with Gasteiger partial charge in [-0.2, -0.15) is 0 Å². The first-order valence-corrected chi connectivity index (χ1v) is 6.72. The van der Waals surface area contributed by atoms with Crippen LogP contribution in [0, 0.1) is 0 Å². The number of amides is 1. The number of rotatable bonds is 3. The molecule has 21 heavy (non-hydrogen) atoms. The van der Waals surface area contributed by atoms with Crippen molar-refractivity contribution in [2.45, 2.75) is 6.04 Å². The fourth-order valence-corrected chi connectivity index (χ4v) is 2.38. The van der Waals surface area contributed by atoms with Crippen LogP contribution < -0.4 is 15.4 Å². The number of anilines is 1. The maximum absolute atomic E-state index is 11.5. The first kappa shape index (κ1) is 13.3. The van der Waals surface area contributed by atoms with Gasteiger partial charge in [0.25, 0.3) is 5.91 Å². The maximum Gasteiger partial charge on any atom is 0.251 e. The zero-order chi connectivity index (χ0) is 14.8. The summed E-state index contributed by atoms with van der Waals surface area (Å²) in [5.74, 6) is 0.797. The van der Waals surface area contributed by atoms with Gasteiger partial charge in [-0.3, -0.25) is 4.79 Å². The third-order valence-electron chi connectivity index (χ3n) is 3.49. The number of carbonyl (C=O) groups is 1. The van der Waals surface area contributed by atoms with Gasteiger partial charge in [-0.05, 0) is 36.4 Å². The fraction of sp³-hybridized carbons (Fsp3) is 0.188. The summed E-state index contributed by atoms with van der Waals surface area (Å²) in [5.41, 5.74) is 2.55. The number of carbonyl (C=O) groups excluding carboxylic acids is 1. The molecule has 1 amide bonds. The summed E-state index contributed by atoms with van der Waals surface area (Å²) in [6.45, 7) is 0.510. The third kappa shape index (κ3) is 2.63. The summed E-state index contributed by atoms with van der Waals surface area (Å²) in [5, 5.41) is 15.4. The SMILES string of the molecule is CNC(=O)c1ccc(NC2COc3cc(O)ccc32)cc1. The zero-order valence-electron chi connectivity index (χ0n) is 11.6. The first-order chi connectivity index (χ1) is 10.2. The van der Waals surface area contributed by atoms with Crippen molar-refractivity contribution < 1.29 is 14.6 Å². The molecule has 0 saturated carbocycles. The molecule has 5 heteroatoms. The Hall–Kier alpha value is -2.69. The summed E-state index contributed by atoms with van der Waals surface area (Å²) < 4.78 is 5.56. The molecular formula is C16H16N2O3. The maximum atomic E-state index is 11.5. The molecule has 0 fully saturated rings. The predicted octanol–water partition coefficient (Wildman–Crippen LogP) is 2.30. The van der Waals surface area contributed by atoms with Crippen molar-refractivity contribution in [2.24, 2.45) is 0 Å². The summed E-state index contributed by atoms with van der Waals surface area (Å²) in [6.07, 6.45) is 0. The number of benzene rings is 2. The lowest BCUT2D eigenvalue weighted by Gasteiger charge is -2.13. The first-order valence-electron chi connectivity index (χ1n) is 6.72. The molecule has 1 unspecified atom stereocenters. The van der Waals surface area contributed by atoms with Gasteiger partial charge >= 0.3 is 0 Å². The van der Waals surface area contributed by atoms with E-state index in [1.165, 1.54) is 0 Å². The van der Waals surface area contributed by atoms with Crippen LogP contribution in [0.15, 0.2) is 42.5 Å². The minimum Gasteiger partial charge on any atom is -0.508 e. The molecule has 1 aliphatic rings. The summed E-state index contributed by atoms with van der Waals surface area (Å²) in [6, 6.07) is 12.4. The van der Waals surface area contributed by atoms with Gasteiger partial charge < -0.3 is 20.5 Å². The summed E-state index contributed by atoms with van der Waals surface area (Å²) >= 11 is 0. The van der Waals surface area contributed by atoms with E-state index < -0.39 is 0 Å². The van der Waals surface area contributed by atoms with Crippen molar-refractivity contribution >= 4 is 11.6 Å². The lowest BCUT2D eigenvalue weighted by Crippen LogP contribution is -2.17. The van der Waals surface area contributed by atoms with Crippen LogP contribution in [0.25, 0.3) is 0 Å². The lowest BCUT2D eigenvalue weighted by molar-refractivity contribution is 0.0963. The Balaban J connectivity index is 1.75. The minimum absolute atomic E-state index is 0.0338. The number of fused-ring (bicyclic) bond motifs is 1. The number of phenols is 1. The second-order valence-corrected chi connectivity index (χ2v) is 4.89. The average molecular weight is 284 g/mol. The van der Waals surface area contributed by atoms with Crippen molar-refractivity contribution in [1.82, 2.24) is 5.32 Å². The number of aromatic hydroxyl groups is 1. The standard InChI is InChI=1S/C16H16N2O3/c1-17-16(20)10-2-4-11(5-3-10)18-14-9-21-15-8-12(19)6-7-13(14)15/h2-8,14,18-19H,9H2,1H3,(H,17,20). The Bertz CT molecular complexity index is 668. The van der Waals surface area contributed by atoms with E-state index in [0.717, 1.165) is 11.3 Å². The topological polar surface area (TPSA) is 70.6 Å². The second kappa shape index (κ2) is 5.36. The van der Waals surface area contributed by atoms with E-state index in [0.29, 0.717) is 17.9 Å². The molecule has 5 nitrogen and oxygen atoms in total. The highest BCUT2D eigenvalue weighted by Crippen LogP contribution is 2.36. The molecule has 2 aromatic carbocycles. The van der Waals surface area contributed by atoms with E-state index in [2.05, 4.69) is 10.6 Å². The van der Waals surface area contributed by atoms with E-state index in [9.17, 15) is 9.90 Å². The molecule has 3 N–H and O–H groups in total. The molecule has 0 radical (unpaired) electrons. The molecule has 108 valence electrons. The van der Waals surface area contributed by atoms with Gasteiger partial charge in [0.05, 0.1) is 6.04 Å². The van der Waals surface area contributed by atoms with Gasteiger partial charge in [0, 0.05) is 29.9 Å². The molecule has 2 aromatic rings. The second-order valence-electron chi connectivity index (χ2n) is 4.89. The van der Waals surface area contributed by atoms with E-state index in [1.54, 1.807) is 31.3 Å². The molecule has 3 rings (SSSR count). The van der Waals surface area contributed by atoms with Crippen molar-refractivity contribution in [3.63, 3.8) is 0 Å². The van der Waals surface area contributed by atoms with Crippen molar-refractivity contribution in [2.75, 3.05) is 19.0 Å². The quantitative estimate of drug-likeness (QED) is 0.809. The summed E-state index contributed by atoms with van der Waals surface area (Å²) in [4.78, 5) is 11.5. The molecule has 1 heterocycles. The van der Waals surface area contributed by atoms with E-state index >= 15 is 0 Å². The van der Waals surface area contributed by atoms with Gasteiger partial charge in [-0.1, -0.05) is 0 Å². The van der Waals surface area contributed by atoms with Crippen molar-refractivity contribution in [1.29, 1.82) is 0 Å². The Kier molecular flexibility index (Phi) is 3.39. The van der Waals surface area contributed by atoms with E-state index in [4.69, 9.17) is 4.74 Å². The third-order valence-corrected chi connectivity index (χ3v) is 3.49. The van der Waals surface area contributed by atoms with Gasteiger partial charge in [0.1, 0.15) is 18.1 Å². The van der Waals surface area contributed by atoms with E-state index in [-0.39, 0.29) is 17.7 Å². The van der Waals surface area contributed by atoms with Gasteiger partial charge in [0.15, 0.2) is 0 Å². The van der Waals surface area contributed by atoms with Crippen LogP contribution in [-0.2, 0) is 0 Å². The Morgan fingerprint density at radius 3 is 2.71 bits per heavy atom. The minimum atomic E-state index is -0.105. The molecule has 0 bridgehead atoms. The number of hydrogen-bond acceptors (Lipinski definition) is 4. The Labute approximate surface area is 122 Å². The smallest absolute Gasteiger partial charge is 0.251 e. The zero-order valence-corrected chi connectivity index (χ0v) is 11.6. The highest BCUT2D eigenvalue weighted by atomic mass is 16.5. The van der Waals surface area contributed by atoms with Gasteiger partial charge in [-0.25, -0.2) is 0 Å². The van der Waals surface area contributed by atoms with E-state index in [1.807, 2.05) is 18.2 Å². The van der Waals surface area contributed by atoms with Crippen molar-refractivity contribution in [3.05, 3.63) is 53.6 Å². The lowest BCUT2D eigenvalue weighted by atomic mass is 10.1. The Morgan fingerprint density at radius 2 is 2.00 bits per heavy atom. The predicted molar refractivity (Wildman–Crippen MR) is 79.8 cm³/mol. The van der Waals surface area contributed by atoms with Crippen LogP contribution in [0.4, 0.5) is 5.69 Å². The number of ether oxygens (including phenoxy) is 1. The molecule has 0 spiro atoms. The molecular weight excluding hydrogens is 268 g/mol. The number of nitrogens with one attached hydrogen (secondary N) is 2. The van der Waals surface area contributed by atoms with Crippen LogP contribution in [0.2, 0.25) is 0 Å². The van der Waals surface area contributed by atoms with Crippen LogP contribution >= 0.6 is 0 Å². The number of phenolic OH excluding ortho intramolecular Hbond substituents is 1. The molecule has 1 aliphatic heterocycles. The normalized spacial score (nSPS) is 16.0. The number of hydrogen-bond donors (Lipinski definition) is 3. The molecule has 0 aliphatic carbocycles. The van der Waals surface area contributed by atoms with Crippen LogP contribution in [-0.4, -0.2) is 24.7 Å². The average Bonchev–Trinajstić information content (AvgIpc) is 2.89. The Morgan fingerprint density at radius 1 is 1.24 bits per heavy atom. The highest BCUT2D eigenvalue weighted by Gasteiger charge is 2.24. The molecule has 1 atom stereocenters. The fourth-order valence-electron chi connectivity index (χ4n) is 2.38. The molecule has 0 aromatic heterocycles. The summed E-state index contributed by atoms with van der Waals surface area (Å²) in [7, 11) is 1.61. The highest BCUT2D eigenvalue weighted by molar-refractivity contribution is 5.94. The van der Waals surface area contributed by atoms with Crippen LogP contribution in [0.3, 0.4) is 0 Å². The van der Waals surface area contributed by atoms with Crippen LogP contribution in [0.5, 0.6) is 11.5 Å². The van der Waals surface area contributed by atoms with Crippen LogP contribution in [0.1, 0.15) is 22.0 Å².